The Bertz CT molecular complexity index is 439. The van der Waals surface area contributed by atoms with Crippen molar-refractivity contribution in [1.82, 2.24) is 15.1 Å². The number of rotatable bonds is 6. The zero-order valence-electron chi connectivity index (χ0n) is 12.7. The third kappa shape index (κ3) is 4.06. The van der Waals surface area contributed by atoms with Gasteiger partial charge >= 0.3 is 0 Å². The third-order valence-electron chi connectivity index (χ3n) is 3.16. The van der Waals surface area contributed by atoms with Gasteiger partial charge in [-0.15, -0.1) is 0 Å². The first-order valence-corrected chi connectivity index (χ1v) is 6.88. The van der Waals surface area contributed by atoms with E-state index in [0.29, 0.717) is 24.7 Å². The van der Waals surface area contributed by atoms with Gasteiger partial charge in [-0.05, 0) is 39.2 Å². The summed E-state index contributed by atoms with van der Waals surface area (Å²) in [4.78, 5) is 12.4. The quantitative estimate of drug-likeness (QED) is 0.823. The molecule has 0 aromatic carbocycles. The van der Waals surface area contributed by atoms with Crippen LogP contribution in [0.5, 0.6) is 0 Å². The average Bonchev–Trinajstić information content (AvgIpc) is 2.69. The van der Waals surface area contributed by atoms with Crippen molar-refractivity contribution in [2.75, 3.05) is 6.54 Å². The Morgan fingerprint density at radius 1 is 1.58 bits per heavy atom. The van der Waals surface area contributed by atoms with Crippen molar-refractivity contribution < 1.29 is 4.79 Å². The van der Waals surface area contributed by atoms with Crippen molar-refractivity contribution in [3.05, 3.63) is 17.5 Å². The maximum Gasteiger partial charge on any atom is 0.270 e. The lowest BCUT2D eigenvalue weighted by Crippen LogP contribution is -2.52. The Morgan fingerprint density at radius 3 is 2.68 bits per heavy atom. The second-order valence-electron chi connectivity index (χ2n) is 5.80. The van der Waals surface area contributed by atoms with Crippen LogP contribution in [-0.4, -0.2) is 27.8 Å². The lowest BCUT2D eigenvalue weighted by Gasteiger charge is -2.31. The van der Waals surface area contributed by atoms with Crippen LogP contribution in [0.2, 0.25) is 0 Å². The molecule has 0 aliphatic rings. The molecular weight excluding hydrogens is 240 g/mol. The van der Waals surface area contributed by atoms with Gasteiger partial charge in [0, 0.05) is 13.1 Å². The van der Waals surface area contributed by atoms with Crippen LogP contribution >= 0.6 is 0 Å². The fourth-order valence-corrected chi connectivity index (χ4v) is 2.39. The lowest BCUT2D eigenvalue weighted by molar-refractivity contribution is 0.0887. The van der Waals surface area contributed by atoms with Crippen molar-refractivity contribution in [2.24, 2.45) is 11.7 Å². The second-order valence-corrected chi connectivity index (χ2v) is 5.80. The highest BCUT2D eigenvalue weighted by Crippen LogP contribution is 2.16. The number of hydrogen-bond acceptors (Lipinski definition) is 3. The van der Waals surface area contributed by atoms with E-state index in [-0.39, 0.29) is 11.4 Å². The van der Waals surface area contributed by atoms with Gasteiger partial charge in [0.25, 0.3) is 5.91 Å². The molecule has 0 saturated heterocycles. The van der Waals surface area contributed by atoms with Gasteiger partial charge < -0.3 is 11.1 Å². The maximum absolute atomic E-state index is 12.4. The first kappa shape index (κ1) is 15.7. The number of nitrogens with zero attached hydrogens (tertiary/aromatic N) is 2. The monoisotopic (exact) mass is 266 g/mol. The molecule has 0 aliphatic carbocycles. The topological polar surface area (TPSA) is 72.9 Å². The molecule has 5 nitrogen and oxygen atoms in total. The van der Waals surface area contributed by atoms with E-state index < -0.39 is 0 Å². The number of aryl methyl sites for hydroxylation is 2. The molecule has 1 heterocycles. The zero-order valence-corrected chi connectivity index (χ0v) is 12.7. The van der Waals surface area contributed by atoms with Crippen molar-refractivity contribution in [2.45, 2.75) is 53.1 Å². The molecule has 3 N–H and O–H groups in total. The van der Waals surface area contributed by atoms with E-state index in [0.717, 1.165) is 12.1 Å². The van der Waals surface area contributed by atoms with E-state index in [9.17, 15) is 4.79 Å². The Labute approximate surface area is 115 Å². The van der Waals surface area contributed by atoms with Gasteiger partial charge in [0.05, 0.1) is 11.2 Å². The molecule has 5 heteroatoms. The number of hydrogen-bond donors (Lipinski definition) is 2. The Kier molecular flexibility index (Phi) is 5.11. The smallest absolute Gasteiger partial charge is 0.270 e. The van der Waals surface area contributed by atoms with Crippen molar-refractivity contribution in [3.8, 4) is 0 Å². The number of aromatic nitrogens is 2. The number of carbonyl (C=O) groups is 1. The van der Waals surface area contributed by atoms with Gasteiger partial charge in [-0.1, -0.05) is 13.8 Å². The summed E-state index contributed by atoms with van der Waals surface area (Å²) >= 11 is 0. The number of amides is 1. The van der Waals surface area contributed by atoms with Gasteiger partial charge in [-0.25, -0.2) is 0 Å². The molecule has 0 radical (unpaired) electrons. The Balaban J connectivity index is 2.88. The Hall–Kier alpha value is -1.36. The normalized spacial score (nSPS) is 14.5. The molecule has 1 atom stereocenters. The largest absolute Gasteiger partial charge is 0.344 e. The van der Waals surface area contributed by atoms with E-state index in [2.05, 4.69) is 24.3 Å². The molecule has 1 unspecified atom stereocenters. The van der Waals surface area contributed by atoms with Crippen LogP contribution in [0.25, 0.3) is 0 Å². The molecule has 19 heavy (non-hydrogen) atoms. The molecule has 1 aromatic rings. The predicted octanol–water partition coefficient (Wildman–Crippen LogP) is 1.70. The molecule has 0 saturated carbocycles. The zero-order chi connectivity index (χ0) is 14.6. The first-order chi connectivity index (χ1) is 8.81. The maximum atomic E-state index is 12.4. The SMILES string of the molecule is CCn1nc(C)cc1C(=O)NC(C)(CN)CC(C)C. The van der Waals surface area contributed by atoms with Gasteiger partial charge in [0.15, 0.2) is 0 Å². The summed E-state index contributed by atoms with van der Waals surface area (Å²) in [5, 5.41) is 7.35. The lowest BCUT2D eigenvalue weighted by atomic mass is 9.90. The summed E-state index contributed by atoms with van der Waals surface area (Å²) in [5.41, 5.74) is 6.90. The van der Waals surface area contributed by atoms with Crippen LogP contribution in [0.1, 0.15) is 50.3 Å². The minimum atomic E-state index is -0.373. The van der Waals surface area contributed by atoms with E-state index >= 15 is 0 Å². The van der Waals surface area contributed by atoms with Crippen LogP contribution in [0.4, 0.5) is 0 Å². The second kappa shape index (κ2) is 6.19. The van der Waals surface area contributed by atoms with E-state index in [1.165, 1.54) is 0 Å². The average molecular weight is 266 g/mol. The number of nitrogens with one attached hydrogen (secondary N) is 1. The van der Waals surface area contributed by atoms with Crippen LogP contribution < -0.4 is 11.1 Å². The summed E-state index contributed by atoms with van der Waals surface area (Å²) in [6.45, 7) is 11.2. The van der Waals surface area contributed by atoms with E-state index in [1.807, 2.05) is 26.8 Å². The van der Waals surface area contributed by atoms with Gasteiger partial charge in [-0.2, -0.15) is 5.10 Å². The minimum absolute atomic E-state index is 0.101. The van der Waals surface area contributed by atoms with Gasteiger partial charge in [-0.3, -0.25) is 9.48 Å². The van der Waals surface area contributed by atoms with Crippen LogP contribution in [-0.2, 0) is 6.54 Å². The van der Waals surface area contributed by atoms with Crippen molar-refractivity contribution in [3.63, 3.8) is 0 Å². The summed E-state index contributed by atoms with van der Waals surface area (Å²) in [5.74, 6) is 0.378. The molecule has 1 amide bonds. The highest BCUT2D eigenvalue weighted by Gasteiger charge is 2.27. The van der Waals surface area contributed by atoms with Crippen molar-refractivity contribution >= 4 is 5.91 Å². The fraction of sp³-hybridized carbons (Fsp3) is 0.714. The molecule has 0 fully saturated rings. The first-order valence-electron chi connectivity index (χ1n) is 6.88. The van der Waals surface area contributed by atoms with Crippen molar-refractivity contribution in [1.29, 1.82) is 0 Å². The van der Waals surface area contributed by atoms with Gasteiger partial charge in [0.1, 0.15) is 5.69 Å². The van der Waals surface area contributed by atoms with Crippen LogP contribution in [0.3, 0.4) is 0 Å². The summed E-state index contributed by atoms with van der Waals surface area (Å²) in [6, 6.07) is 1.81. The molecule has 0 spiro atoms. The summed E-state index contributed by atoms with van der Waals surface area (Å²) < 4.78 is 1.72. The fourth-order valence-electron chi connectivity index (χ4n) is 2.39. The molecule has 1 aromatic heterocycles. The minimum Gasteiger partial charge on any atom is -0.344 e. The molecular formula is C14H26N4O. The molecule has 108 valence electrons. The van der Waals surface area contributed by atoms with E-state index in [4.69, 9.17) is 5.73 Å². The highest BCUT2D eigenvalue weighted by molar-refractivity contribution is 5.93. The molecule has 1 rings (SSSR count). The van der Waals surface area contributed by atoms with Crippen LogP contribution in [0, 0.1) is 12.8 Å². The van der Waals surface area contributed by atoms with Gasteiger partial charge in [0.2, 0.25) is 0 Å². The number of nitrogens with two attached hydrogens (primary N) is 1. The summed E-state index contributed by atoms with van der Waals surface area (Å²) in [7, 11) is 0. The third-order valence-corrected chi connectivity index (χ3v) is 3.16. The van der Waals surface area contributed by atoms with Crippen LogP contribution in [0.15, 0.2) is 6.07 Å². The molecule has 0 aliphatic heterocycles. The van der Waals surface area contributed by atoms with E-state index in [1.54, 1.807) is 4.68 Å². The highest BCUT2D eigenvalue weighted by atomic mass is 16.2. The standard InChI is InChI=1S/C14H26N4O/c1-6-18-12(7-11(4)17-18)13(19)16-14(5,9-15)8-10(2)3/h7,10H,6,8-9,15H2,1-5H3,(H,16,19). The number of carbonyl (C=O) groups excluding carboxylic acids is 1. The summed E-state index contributed by atoms with van der Waals surface area (Å²) in [6.07, 6.45) is 0.856. The predicted molar refractivity (Wildman–Crippen MR) is 77.0 cm³/mol. The molecule has 0 bridgehead atoms. The Morgan fingerprint density at radius 2 is 2.21 bits per heavy atom.